The molecule has 2 aromatic rings. The van der Waals surface area contributed by atoms with Crippen LogP contribution in [0.15, 0.2) is 35.5 Å². The van der Waals surface area contributed by atoms with E-state index in [2.05, 4.69) is 99.0 Å². The lowest BCUT2D eigenvalue weighted by molar-refractivity contribution is -0.141. The Kier molecular flexibility index (Phi) is 34.3. The zero-order valence-electron chi connectivity index (χ0n) is 54.3. The number of nitrogens with two attached hydrogens (primary N) is 3. The lowest BCUT2D eigenvalue weighted by Crippen LogP contribution is -2.63. The minimum Gasteiger partial charge on any atom is -0.480 e. The van der Waals surface area contributed by atoms with Gasteiger partial charge in [-0.3, -0.25) is 72.1 Å². The second-order valence-electron chi connectivity index (χ2n) is 23.2. The summed E-state index contributed by atoms with van der Waals surface area (Å²) in [6.07, 6.45) is 1.06. The minimum absolute atomic E-state index is 0.0483. The number of aliphatic hydroxyl groups excluding tert-OH is 1. The van der Waals surface area contributed by atoms with Crippen molar-refractivity contribution in [1.82, 2.24) is 73.7 Å². The van der Waals surface area contributed by atoms with Crippen LogP contribution in [0.1, 0.15) is 92.6 Å². The number of hydrogen-bond acceptors (Lipinski definition) is 19. The summed E-state index contributed by atoms with van der Waals surface area (Å²) in [5.41, 5.74) is 17.4. The molecule has 1 aliphatic heterocycles. The number of benzene rings is 1. The standard InChI is InChI=1S/C59H94N18O16S2/c1-8-30(5)47(74-51(86)36(16-12-18-63-59(61)62)70-53(88)39(28-95)69-43(81)24-65-41(79)21-60)55(90)68-25-44(82)77-19-13-17-40(77)54(89)75-48(31(6)9-2)57(92)76-49(32(7)78)58(93)71-37(20-33-22-64-35-15-11-10-14-34(33)35)52(87)73-46(29(3)4)56(91)72-38(27-94)50(85)67-23-42(80)66-26-45(83)84/h10-11,14-15,22,29-32,36-40,46-49,64,78,94-95H,8-9,12-13,16-21,23-28,60H2,1-7H3,(H,65,79)(H,66,80)(H,67,85)(H,68,90)(H,69,81)(H,70,88)(H,71,93)(H,72,91)(H,73,87)(H,74,86)(H,75,89)(H,76,92)(H,83,84)(H4,61,62,63)/t30-,31-,32+,36-,37-,38-,39-,40-,46-,47-,48-,49-/m0/s1. The predicted molar refractivity (Wildman–Crippen MR) is 354 cm³/mol. The number of carbonyl (C=O) groups is 14. The summed E-state index contributed by atoms with van der Waals surface area (Å²) in [6, 6.07) is -5.24. The summed E-state index contributed by atoms with van der Waals surface area (Å²) >= 11 is 8.32. The fourth-order valence-corrected chi connectivity index (χ4v) is 10.3. The summed E-state index contributed by atoms with van der Waals surface area (Å²) < 4.78 is 0. The molecule has 1 aromatic carbocycles. The molecule has 1 fully saturated rings. The van der Waals surface area contributed by atoms with Crippen molar-refractivity contribution in [3.8, 4) is 0 Å². The van der Waals surface area contributed by atoms with Gasteiger partial charge in [-0.1, -0.05) is 72.6 Å². The van der Waals surface area contributed by atoms with Crippen molar-refractivity contribution < 1.29 is 77.3 Å². The van der Waals surface area contributed by atoms with E-state index >= 15 is 0 Å². The molecule has 0 radical (unpaired) electrons. The van der Waals surface area contributed by atoms with Gasteiger partial charge in [-0.05, 0) is 62.0 Å². The summed E-state index contributed by atoms with van der Waals surface area (Å²) in [5, 5.41) is 50.5. The number of nitrogens with one attached hydrogen (secondary N) is 13. The normalized spacial score (nSPS) is 16.2. The molecule has 1 aromatic heterocycles. The summed E-state index contributed by atoms with van der Waals surface area (Å²) in [6.45, 7) is 8.52. The quantitative estimate of drug-likeness (QED) is 0.0128. The number of guanidine groups is 1. The zero-order valence-corrected chi connectivity index (χ0v) is 56.1. The first-order valence-electron chi connectivity index (χ1n) is 31.1. The van der Waals surface area contributed by atoms with Crippen molar-refractivity contribution in [2.24, 2.45) is 39.9 Å². The number of aliphatic carboxylic acids is 1. The Morgan fingerprint density at radius 1 is 0.611 bits per heavy atom. The number of para-hydroxylation sites is 1. The molecule has 3 rings (SSSR count). The molecule has 2 heterocycles. The summed E-state index contributed by atoms with van der Waals surface area (Å²) in [5.74, 6) is -14.4. The number of likely N-dealkylation sites (tertiary alicyclic amines) is 1. The van der Waals surface area contributed by atoms with Gasteiger partial charge >= 0.3 is 5.97 Å². The molecule has 0 unspecified atom stereocenters. The van der Waals surface area contributed by atoms with E-state index in [-0.39, 0.29) is 62.8 Å². The molecular weight excluding hydrogens is 1280 g/mol. The molecule has 1 aliphatic rings. The summed E-state index contributed by atoms with van der Waals surface area (Å²) in [7, 11) is 0. The fourth-order valence-electron chi connectivity index (χ4n) is 9.77. The highest BCUT2D eigenvalue weighted by molar-refractivity contribution is 7.80. The number of carboxylic acid groups (broad SMARTS) is 1. The van der Waals surface area contributed by atoms with Gasteiger partial charge in [-0.15, -0.1) is 0 Å². The van der Waals surface area contributed by atoms with Gasteiger partial charge in [-0.25, -0.2) is 0 Å². The van der Waals surface area contributed by atoms with E-state index in [1.807, 2.05) is 0 Å². The topological polar surface area (TPSA) is 533 Å². The molecule has 0 saturated carbocycles. The smallest absolute Gasteiger partial charge is 0.322 e. The van der Waals surface area contributed by atoms with Gasteiger partial charge < -0.3 is 101 Å². The first kappa shape index (κ1) is 80.5. The number of fused-ring (bicyclic) bond motifs is 1. The molecule has 12 atom stereocenters. The highest BCUT2D eigenvalue weighted by atomic mass is 32.1. The zero-order chi connectivity index (χ0) is 71.2. The van der Waals surface area contributed by atoms with Gasteiger partial charge in [0, 0.05) is 48.1 Å². The van der Waals surface area contributed by atoms with Crippen molar-refractivity contribution in [2.45, 2.75) is 154 Å². The van der Waals surface area contributed by atoms with E-state index in [0.717, 1.165) is 0 Å². The minimum atomic E-state index is -1.76. The number of aromatic nitrogens is 1. The van der Waals surface area contributed by atoms with Crippen LogP contribution in [-0.4, -0.2) is 227 Å². The van der Waals surface area contributed by atoms with E-state index < -0.39 is 187 Å². The van der Waals surface area contributed by atoms with Gasteiger partial charge in [0.1, 0.15) is 60.9 Å². The Morgan fingerprint density at radius 2 is 1.14 bits per heavy atom. The number of aromatic amines is 1. The van der Waals surface area contributed by atoms with E-state index in [9.17, 15) is 72.2 Å². The molecule has 34 nitrogen and oxygen atoms in total. The van der Waals surface area contributed by atoms with Crippen LogP contribution >= 0.6 is 25.3 Å². The highest BCUT2D eigenvalue weighted by Gasteiger charge is 2.40. The van der Waals surface area contributed by atoms with Gasteiger partial charge in [0.05, 0.1) is 32.3 Å². The molecule has 0 aliphatic carbocycles. The van der Waals surface area contributed by atoms with Crippen LogP contribution in [0.2, 0.25) is 0 Å². The largest absolute Gasteiger partial charge is 0.480 e. The predicted octanol–water partition coefficient (Wildman–Crippen LogP) is -5.87. The molecule has 36 heteroatoms. The Bertz CT molecular complexity index is 3060. The summed E-state index contributed by atoms with van der Waals surface area (Å²) in [4.78, 5) is 195. The molecule has 95 heavy (non-hydrogen) atoms. The molecule has 0 spiro atoms. The third-order valence-electron chi connectivity index (χ3n) is 15.6. The second-order valence-corrected chi connectivity index (χ2v) is 23.9. The number of amides is 13. The lowest BCUT2D eigenvalue weighted by Gasteiger charge is -2.31. The van der Waals surface area contributed by atoms with E-state index in [0.29, 0.717) is 35.7 Å². The van der Waals surface area contributed by atoms with Crippen LogP contribution in [-0.2, 0) is 73.5 Å². The van der Waals surface area contributed by atoms with Crippen molar-refractivity contribution >= 4 is 125 Å². The number of nitrogens with zero attached hydrogens (tertiary/aromatic N) is 2. The average molecular weight is 1380 g/mol. The van der Waals surface area contributed by atoms with Crippen LogP contribution in [0.5, 0.6) is 0 Å². The third kappa shape index (κ3) is 26.2. The van der Waals surface area contributed by atoms with Gasteiger partial charge in [0.15, 0.2) is 5.96 Å². The number of hydrogen-bond donors (Lipinski definition) is 20. The van der Waals surface area contributed by atoms with Crippen molar-refractivity contribution in [3.05, 3.63) is 36.0 Å². The van der Waals surface area contributed by atoms with E-state index in [4.69, 9.17) is 22.3 Å². The van der Waals surface area contributed by atoms with Crippen LogP contribution in [0, 0.1) is 17.8 Å². The van der Waals surface area contributed by atoms with Crippen LogP contribution < -0.4 is 81.0 Å². The maximum Gasteiger partial charge on any atom is 0.322 e. The number of H-pyrrole nitrogens is 1. The number of carboxylic acids is 1. The maximum absolute atomic E-state index is 14.5. The second kappa shape index (κ2) is 40.5. The lowest BCUT2D eigenvalue weighted by atomic mass is 9.96. The van der Waals surface area contributed by atoms with Crippen molar-refractivity contribution in [1.29, 1.82) is 0 Å². The average Bonchev–Trinajstić information content (AvgIpc) is 1.79. The number of aliphatic hydroxyl groups is 1. The third-order valence-corrected chi connectivity index (χ3v) is 16.4. The number of rotatable bonds is 40. The fraction of sp³-hybridized carbons (Fsp3) is 0.610. The van der Waals surface area contributed by atoms with Crippen molar-refractivity contribution in [2.75, 3.05) is 57.3 Å². The molecule has 528 valence electrons. The Labute approximate surface area is 560 Å². The van der Waals surface area contributed by atoms with Crippen LogP contribution in [0.3, 0.4) is 0 Å². The van der Waals surface area contributed by atoms with Crippen molar-refractivity contribution in [3.63, 3.8) is 0 Å². The monoisotopic (exact) mass is 1370 g/mol. The van der Waals surface area contributed by atoms with Gasteiger partial charge in [0.2, 0.25) is 76.8 Å². The Balaban J connectivity index is 1.81. The molecule has 0 bridgehead atoms. The van der Waals surface area contributed by atoms with Crippen LogP contribution in [0.4, 0.5) is 0 Å². The Hall–Kier alpha value is -8.77. The van der Waals surface area contributed by atoms with Crippen LogP contribution in [0.25, 0.3) is 10.9 Å². The molecule has 21 N–H and O–H groups in total. The maximum atomic E-state index is 14.5. The SMILES string of the molecule is CC[C@H](C)[C@H](NC(=O)[C@H](CCCN=C(N)N)NC(=O)[C@H](CS)NC(=O)CNC(=O)CN)C(=O)NCC(=O)N1CCC[C@H]1C(=O)N[C@H](C(=O)N[C@H](C(=O)N[C@@H](Cc1c[nH]c2ccccc12)C(=O)N[C@H](C(=O)N[C@@H](CS)C(=O)NCC(=O)NCC(=O)O)C(C)C)[C@@H](C)O)[C@@H](C)CC. The number of thiol groups is 2. The Morgan fingerprint density at radius 3 is 1.74 bits per heavy atom. The molecule has 13 amide bonds. The molecule has 1 saturated heterocycles. The van der Waals surface area contributed by atoms with E-state index in [1.54, 1.807) is 72.0 Å². The first-order valence-corrected chi connectivity index (χ1v) is 32.4. The number of carbonyl (C=O) groups excluding carboxylic acids is 13. The number of aliphatic imine (C=N–C) groups is 1. The highest BCUT2D eigenvalue weighted by Crippen LogP contribution is 2.22. The van der Waals surface area contributed by atoms with E-state index in [1.165, 1.54) is 11.8 Å². The first-order chi connectivity index (χ1) is 44.9. The molecular formula is C59H94N18O16S2. The van der Waals surface area contributed by atoms with Gasteiger partial charge in [0.25, 0.3) is 0 Å². The van der Waals surface area contributed by atoms with Gasteiger partial charge in [-0.2, -0.15) is 25.3 Å².